The van der Waals surface area contributed by atoms with Crippen LogP contribution < -0.4 is 0 Å². The molecular weight excluding hydrogens is 220 g/mol. The summed E-state index contributed by atoms with van der Waals surface area (Å²) in [6.45, 7) is 6.51. The number of rotatable bonds is 6. The number of carbonyl (C=O) groups is 2. The van der Waals surface area contributed by atoms with E-state index in [1.54, 1.807) is 0 Å². The Hall–Kier alpha value is -0.740. The lowest BCUT2D eigenvalue weighted by atomic mass is 9.79. The molecule has 98 valence electrons. The zero-order valence-corrected chi connectivity index (χ0v) is 10.9. The number of ketones is 2. The van der Waals surface area contributed by atoms with Crippen LogP contribution in [-0.4, -0.2) is 31.1 Å². The van der Waals surface area contributed by atoms with E-state index in [9.17, 15) is 9.59 Å². The second-order valence-electron chi connectivity index (χ2n) is 4.54. The van der Waals surface area contributed by atoms with Crippen molar-refractivity contribution in [3.8, 4) is 0 Å². The van der Waals surface area contributed by atoms with Crippen LogP contribution in [0.15, 0.2) is 0 Å². The van der Waals surface area contributed by atoms with Crippen molar-refractivity contribution in [3.63, 3.8) is 0 Å². The van der Waals surface area contributed by atoms with E-state index in [-0.39, 0.29) is 11.6 Å². The summed E-state index contributed by atoms with van der Waals surface area (Å²) in [4.78, 5) is 23.9. The van der Waals surface area contributed by atoms with Crippen LogP contribution in [0.5, 0.6) is 0 Å². The largest absolute Gasteiger partial charge is 0.346 e. The molecule has 0 aromatic carbocycles. The van der Waals surface area contributed by atoms with Crippen molar-refractivity contribution in [1.29, 1.82) is 0 Å². The van der Waals surface area contributed by atoms with Crippen LogP contribution >= 0.6 is 0 Å². The molecule has 0 saturated heterocycles. The zero-order valence-electron chi connectivity index (χ0n) is 10.9. The second-order valence-corrected chi connectivity index (χ2v) is 4.54. The van der Waals surface area contributed by atoms with Crippen LogP contribution in [0.3, 0.4) is 0 Å². The number of Topliss-reactive ketones (excluding diaryl/α,β-unsaturated/α-hetero) is 2. The number of hydrogen-bond donors (Lipinski definition) is 0. The molecule has 1 saturated carbocycles. The van der Waals surface area contributed by atoms with Crippen LogP contribution in [0.4, 0.5) is 0 Å². The Morgan fingerprint density at radius 3 is 2.47 bits per heavy atom. The number of carbonyl (C=O) groups excluding carboxylic acids is 2. The highest BCUT2D eigenvalue weighted by Crippen LogP contribution is 2.28. The number of hydrogen-bond acceptors (Lipinski definition) is 4. The standard InChI is InChI=1S/C13H22O4/c1-4-16-13(17-5-2)12(15)10-8-9(3)6-7-11(10)14/h9-10,13H,4-8H2,1-3H3. The summed E-state index contributed by atoms with van der Waals surface area (Å²) in [6.07, 6.45) is 1.15. The van der Waals surface area contributed by atoms with Crippen LogP contribution in [0.25, 0.3) is 0 Å². The molecule has 0 aromatic rings. The maximum absolute atomic E-state index is 12.2. The molecule has 0 bridgehead atoms. The van der Waals surface area contributed by atoms with Crippen LogP contribution in [0, 0.1) is 11.8 Å². The first-order valence-electron chi connectivity index (χ1n) is 6.39. The molecule has 0 aliphatic heterocycles. The first-order valence-corrected chi connectivity index (χ1v) is 6.39. The summed E-state index contributed by atoms with van der Waals surface area (Å²) in [7, 11) is 0. The molecular formula is C13H22O4. The molecule has 2 atom stereocenters. The quantitative estimate of drug-likeness (QED) is 0.528. The minimum atomic E-state index is -0.871. The Bertz CT molecular complexity index is 269. The molecule has 4 nitrogen and oxygen atoms in total. The summed E-state index contributed by atoms with van der Waals surface area (Å²) < 4.78 is 10.5. The third-order valence-corrected chi connectivity index (χ3v) is 3.12. The van der Waals surface area contributed by atoms with Crippen LogP contribution in [0.2, 0.25) is 0 Å². The molecule has 0 heterocycles. The minimum absolute atomic E-state index is 0.0394. The van der Waals surface area contributed by atoms with Gasteiger partial charge in [0.05, 0.1) is 5.92 Å². The topological polar surface area (TPSA) is 52.6 Å². The highest BCUT2D eigenvalue weighted by atomic mass is 16.7. The van der Waals surface area contributed by atoms with Crippen molar-refractivity contribution in [3.05, 3.63) is 0 Å². The summed E-state index contributed by atoms with van der Waals surface area (Å²) in [5.74, 6) is -0.268. The molecule has 17 heavy (non-hydrogen) atoms. The van der Waals surface area contributed by atoms with Crippen LogP contribution in [0.1, 0.15) is 40.0 Å². The molecule has 1 aliphatic rings. The monoisotopic (exact) mass is 242 g/mol. The maximum atomic E-state index is 12.2. The maximum Gasteiger partial charge on any atom is 0.218 e. The van der Waals surface area contributed by atoms with Gasteiger partial charge < -0.3 is 9.47 Å². The Balaban J connectivity index is 2.67. The van der Waals surface area contributed by atoms with Crippen molar-refractivity contribution < 1.29 is 19.1 Å². The van der Waals surface area contributed by atoms with Gasteiger partial charge in [-0.25, -0.2) is 0 Å². The van der Waals surface area contributed by atoms with Gasteiger partial charge >= 0.3 is 0 Å². The van der Waals surface area contributed by atoms with Crippen molar-refractivity contribution >= 4 is 11.6 Å². The molecule has 1 rings (SSSR count). The smallest absolute Gasteiger partial charge is 0.218 e. The van der Waals surface area contributed by atoms with Gasteiger partial charge in [0.2, 0.25) is 6.29 Å². The van der Waals surface area contributed by atoms with Gasteiger partial charge in [-0.1, -0.05) is 6.92 Å². The van der Waals surface area contributed by atoms with Gasteiger partial charge in [0, 0.05) is 19.6 Å². The summed E-state index contributed by atoms with van der Waals surface area (Å²) in [5.41, 5.74) is 0. The summed E-state index contributed by atoms with van der Waals surface area (Å²) >= 11 is 0. The lowest BCUT2D eigenvalue weighted by molar-refractivity contribution is -0.174. The predicted molar refractivity (Wildman–Crippen MR) is 63.6 cm³/mol. The van der Waals surface area contributed by atoms with E-state index in [4.69, 9.17) is 9.47 Å². The molecule has 2 unspecified atom stereocenters. The molecule has 0 amide bonds. The summed E-state index contributed by atoms with van der Waals surface area (Å²) in [6, 6.07) is 0. The average molecular weight is 242 g/mol. The first-order chi connectivity index (χ1) is 8.10. The van der Waals surface area contributed by atoms with E-state index in [2.05, 4.69) is 6.92 Å². The van der Waals surface area contributed by atoms with Gasteiger partial charge in [-0.15, -0.1) is 0 Å². The van der Waals surface area contributed by atoms with Crippen LogP contribution in [-0.2, 0) is 19.1 Å². The fourth-order valence-corrected chi connectivity index (χ4v) is 2.17. The Morgan fingerprint density at radius 2 is 1.94 bits per heavy atom. The van der Waals surface area contributed by atoms with Crippen molar-refractivity contribution in [2.75, 3.05) is 13.2 Å². The SMILES string of the molecule is CCOC(OCC)C(=O)C1CC(C)CCC1=O. The number of ether oxygens (including phenoxy) is 2. The van der Waals surface area contributed by atoms with E-state index in [0.29, 0.717) is 32.0 Å². The highest BCUT2D eigenvalue weighted by molar-refractivity contribution is 6.04. The normalized spacial score (nSPS) is 25.3. The third-order valence-electron chi connectivity index (χ3n) is 3.12. The van der Waals surface area contributed by atoms with Gasteiger partial charge in [-0.2, -0.15) is 0 Å². The van der Waals surface area contributed by atoms with E-state index in [1.165, 1.54) is 0 Å². The third kappa shape index (κ3) is 3.89. The van der Waals surface area contributed by atoms with Crippen molar-refractivity contribution in [2.24, 2.45) is 11.8 Å². The fourth-order valence-electron chi connectivity index (χ4n) is 2.17. The first kappa shape index (κ1) is 14.3. The lowest BCUT2D eigenvalue weighted by Crippen LogP contribution is -2.39. The predicted octanol–water partition coefficient (Wildman–Crippen LogP) is 1.96. The Kier molecular flexibility index (Phi) is 5.78. The van der Waals surface area contributed by atoms with Gasteiger partial charge in [0.1, 0.15) is 5.78 Å². The second kappa shape index (κ2) is 6.87. The zero-order chi connectivity index (χ0) is 12.8. The lowest BCUT2D eigenvalue weighted by Gasteiger charge is -2.27. The highest BCUT2D eigenvalue weighted by Gasteiger charge is 2.36. The van der Waals surface area contributed by atoms with E-state index in [1.807, 2.05) is 13.8 Å². The Morgan fingerprint density at radius 1 is 1.35 bits per heavy atom. The molecule has 0 N–H and O–H groups in total. The average Bonchev–Trinajstić information content (AvgIpc) is 2.31. The van der Waals surface area contributed by atoms with E-state index in [0.717, 1.165) is 6.42 Å². The van der Waals surface area contributed by atoms with Crippen molar-refractivity contribution in [1.82, 2.24) is 0 Å². The molecule has 0 radical (unpaired) electrons. The minimum Gasteiger partial charge on any atom is -0.346 e. The van der Waals surface area contributed by atoms with Gasteiger partial charge in [0.15, 0.2) is 5.78 Å². The van der Waals surface area contributed by atoms with Gasteiger partial charge in [-0.3, -0.25) is 9.59 Å². The molecule has 0 spiro atoms. The Labute approximate surface area is 103 Å². The van der Waals surface area contributed by atoms with E-state index < -0.39 is 12.2 Å². The van der Waals surface area contributed by atoms with E-state index >= 15 is 0 Å². The molecule has 4 heteroatoms. The molecule has 1 aliphatic carbocycles. The fraction of sp³-hybridized carbons (Fsp3) is 0.846. The van der Waals surface area contributed by atoms with Gasteiger partial charge in [0.25, 0.3) is 0 Å². The van der Waals surface area contributed by atoms with Gasteiger partial charge in [-0.05, 0) is 32.6 Å². The van der Waals surface area contributed by atoms with Crippen molar-refractivity contribution in [2.45, 2.75) is 46.3 Å². The summed E-state index contributed by atoms with van der Waals surface area (Å²) in [5, 5.41) is 0. The molecule has 0 aromatic heterocycles. The molecule has 1 fully saturated rings.